The number of nitrogens with zero attached hydrogens (tertiary/aromatic N) is 1. The third kappa shape index (κ3) is 4.16. The molecule has 0 saturated carbocycles. The number of aliphatic hydroxyl groups is 1. The van der Waals surface area contributed by atoms with E-state index in [2.05, 4.69) is 11.0 Å². The maximum Gasteiger partial charge on any atom is 0.0933 e. The van der Waals surface area contributed by atoms with E-state index in [1.807, 2.05) is 18.2 Å². The fraction of sp³-hybridized carbons (Fsp3) is 0.500. The highest BCUT2D eigenvalue weighted by Gasteiger charge is 2.19. The summed E-state index contributed by atoms with van der Waals surface area (Å²) in [4.78, 5) is 2.28. The molecule has 17 heavy (non-hydrogen) atoms. The van der Waals surface area contributed by atoms with Gasteiger partial charge in [-0.05, 0) is 17.7 Å². The predicted octanol–water partition coefficient (Wildman–Crippen LogP) is 0.884. The third-order valence-electron chi connectivity index (χ3n) is 2.78. The lowest BCUT2D eigenvalue weighted by atomic mass is 10.1. The van der Waals surface area contributed by atoms with Crippen LogP contribution in [0.25, 0.3) is 0 Å². The first kappa shape index (κ1) is 14.3. The first-order valence-electron chi connectivity index (χ1n) is 5.57. The quantitative estimate of drug-likeness (QED) is 0.791. The maximum atomic E-state index is 9.05. The second-order valence-electron chi connectivity index (χ2n) is 4.16. The van der Waals surface area contributed by atoms with Gasteiger partial charge in [-0.3, -0.25) is 4.90 Å². The van der Waals surface area contributed by atoms with Gasteiger partial charge < -0.3 is 15.6 Å². The molecule has 0 amide bonds. The number of anilines is 1. The molecule has 96 valence electrons. The minimum absolute atomic E-state index is 0. The van der Waals surface area contributed by atoms with Crippen LogP contribution in [0.2, 0.25) is 0 Å². The minimum Gasteiger partial charge on any atom is -0.399 e. The summed E-state index contributed by atoms with van der Waals surface area (Å²) in [7, 11) is 0. The molecule has 2 rings (SSSR count). The zero-order chi connectivity index (χ0) is 11.4. The summed E-state index contributed by atoms with van der Waals surface area (Å²) in [5.74, 6) is 0. The highest BCUT2D eigenvalue weighted by Crippen LogP contribution is 2.12. The minimum atomic E-state index is -0.0465. The van der Waals surface area contributed by atoms with Gasteiger partial charge in [-0.1, -0.05) is 12.1 Å². The first-order valence-corrected chi connectivity index (χ1v) is 5.57. The fourth-order valence-corrected chi connectivity index (χ4v) is 1.98. The van der Waals surface area contributed by atoms with E-state index < -0.39 is 0 Å². The van der Waals surface area contributed by atoms with Crippen molar-refractivity contribution in [3.05, 3.63) is 29.8 Å². The van der Waals surface area contributed by atoms with E-state index in [4.69, 9.17) is 15.6 Å². The highest BCUT2D eigenvalue weighted by molar-refractivity contribution is 5.85. The molecule has 1 heterocycles. The smallest absolute Gasteiger partial charge is 0.0933 e. The van der Waals surface area contributed by atoms with Crippen molar-refractivity contribution in [2.75, 3.05) is 32.0 Å². The molecule has 5 heteroatoms. The van der Waals surface area contributed by atoms with Crippen molar-refractivity contribution in [3.8, 4) is 0 Å². The Morgan fingerprint density at radius 3 is 3.00 bits per heavy atom. The summed E-state index contributed by atoms with van der Waals surface area (Å²) in [5.41, 5.74) is 7.74. The molecule has 1 saturated heterocycles. The van der Waals surface area contributed by atoms with Crippen LogP contribution in [-0.2, 0) is 11.3 Å². The number of rotatable bonds is 3. The average Bonchev–Trinajstić information content (AvgIpc) is 2.29. The van der Waals surface area contributed by atoms with Crippen LogP contribution in [0.3, 0.4) is 0 Å². The predicted molar refractivity (Wildman–Crippen MR) is 70.2 cm³/mol. The van der Waals surface area contributed by atoms with Crippen LogP contribution in [0.4, 0.5) is 5.69 Å². The fourth-order valence-electron chi connectivity index (χ4n) is 1.98. The lowest BCUT2D eigenvalue weighted by molar-refractivity contribution is -0.0550. The number of benzene rings is 1. The summed E-state index contributed by atoms with van der Waals surface area (Å²) in [6.45, 7) is 3.34. The van der Waals surface area contributed by atoms with Gasteiger partial charge in [0.15, 0.2) is 0 Å². The monoisotopic (exact) mass is 258 g/mol. The molecule has 1 aliphatic rings. The number of hydrogen-bond acceptors (Lipinski definition) is 4. The molecule has 0 spiro atoms. The van der Waals surface area contributed by atoms with E-state index in [1.165, 1.54) is 5.56 Å². The van der Waals surface area contributed by atoms with E-state index in [0.717, 1.165) is 25.3 Å². The molecule has 1 atom stereocenters. The Labute approximate surface area is 108 Å². The van der Waals surface area contributed by atoms with Crippen LogP contribution in [0.1, 0.15) is 5.56 Å². The van der Waals surface area contributed by atoms with Crippen molar-refractivity contribution < 1.29 is 9.84 Å². The number of aliphatic hydroxyl groups excluding tert-OH is 1. The van der Waals surface area contributed by atoms with Gasteiger partial charge in [0.2, 0.25) is 0 Å². The van der Waals surface area contributed by atoms with E-state index in [0.29, 0.717) is 6.61 Å². The van der Waals surface area contributed by atoms with Crippen molar-refractivity contribution in [2.24, 2.45) is 0 Å². The lowest BCUT2D eigenvalue weighted by Gasteiger charge is -2.32. The summed E-state index contributed by atoms with van der Waals surface area (Å²) in [5, 5.41) is 9.05. The Bertz CT molecular complexity index is 349. The van der Waals surface area contributed by atoms with Crippen LogP contribution in [0.15, 0.2) is 24.3 Å². The van der Waals surface area contributed by atoms with E-state index >= 15 is 0 Å². The van der Waals surface area contributed by atoms with Crippen molar-refractivity contribution in [1.29, 1.82) is 0 Å². The summed E-state index contributed by atoms with van der Waals surface area (Å²) in [6.07, 6.45) is -0.0465. The Balaban J connectivity index is 0.00000144. The van der Waals surface area contributed by atoms with Crippen LogP contribution in [0.5, 0.6) is 0 Å². The molecule has 1 aromatic carbocycles. The number of morpholine rings is 1. The van der Waals surface area contributed by atoms with Crippen molar-refractivity contribution >= 4 is 18.1 Å². The standard InChI is InChI=1S/C12H18N2O2.ClH/c13-11-3-1-2-10(6-11)7-14-4-5-16-12(8-14)9-15;/h1-3,6,12,15H,4-5,7-9,13H2;1H. The molecule has 0 radical (unpaired) electrons. The Hall–Kier alpha value is -0.810. The topological polar surface area (TPSA) is 58.7 Å². The number of ether oxygens (including phenoxy) is 1. The average molecular weight is 259 g/mol. The molecule has 1 unspecified atom stereocenters. The van der Waals surface area contributed by atoms with Gasteiger partial charge in [0, 0.05) is 25.3 Å². The Morgan fingerprint density at radius 1 is 1.47 bits per heavy atom. The van der Waals surface area contributed by atoms with Crippen molar-refractivity contribution in [2.45, 2.75) is 12.6 Å². The Morgan fingerprint density at radius 2 is 2.29 bits per heavy atom. The number of nitrogen functional groups attached to an aromatic ring is 1. The normalized spacial score (nSPS) is 20.9. The second-order valence-corrected chi connectivity index (χ2v) is 4.16. The van der Waals surface area contributed by atoms with Crippen LogP contribution in [0, 0.1) is 0 Å². The Kier molecular flexibility index (Phi) is 5.71. The molecule has 1 fully saturated rings. The van der Waals surface area contributed by atoms with Crippen LogP contribution < -0.4 is 5.73 Å². The van der Waals surface area contributed by atoms with Gasteiger partial charge in [-0.15, -0.1) is 12.4 Å². The number of nitrogens with two attached hydrogens (primary N) is 1. The van der Waals surface area contributed by atoms with Gasteiger partial charge in [-0.2, -0.15) is 0 Å². The van der Waals surface area contributed by atoms with Gasteiger partial charge in [0.25, 0.3) is 0 Å². The molecular formula is C12H19ClN2O2. The van der Waals surface area contributed by atoms with Gasteiger partial charge in [0.1, 0.15) is 0 Å². The molecular weight excluding hydrogens is 240 g/mol. The summed E-state index contributed by atoms with van der Waals surface area (Å²) >= 11 is 0. The SMILES string of the molecule is Cl.Nc1cccc(CN2CCOC(CO)C2)c1. The summed E-state index contributed by atoms with van der Waals surface area (Å²) < 4.78 is 5.40. The van der Waals surface area contributed by atoms with Gasteiger partial charge in [-0.25, -0.2) is 0 Å². The van der Waals surface area contributed by atoms with E-state index in [9.17, 15) is 0 Å². The van der Waals surface area contributed by atoms with Gasteiger partial charge in [0.05, 0.1) is 19.3 Å². The van der Waals surface area contributed by atoms with E-state index in [-0.39, 0.29) is 25.1 Å². The molecule has 1 aromatic rings. The summed E-state index contributed by atoms with van der Waals surface area (Å²) in [6, 6.07) is 7.91. The number of hydrogen-bond donors (Lipinski definition) is 2. The molecule has 3 N–H and O–H groups in total. The molecule has 1 aliphatic heterocycles. The zero-order valence-corrected chi connectivity index (χ0v) is 10.5. The molecule has 0 bridgehead atoms. The maximum absolute atomic E-state index is 9.05. The van der Waals surface area contributed by atoms with Crippen molar-refractivity contribution in [3.63, 3.8) is 0 Å². The molecule has 0 aliphatic carbocycles. The van der Waals surface area contributed by atoms with Gasteiger partial charge >= 0.3 is 0 Å². The van der Waals surface area contributed by atoms with Crippen molar-refractivity contribution in [1.82, 2.24) is 4.90 Å². The zero-order valence-electron chi connectivity index (χ0n) is 9.71. The number of halogens is 1. The first-order chi connectivity index (χ1) is 7.78. The van der Waals surface area contributed by atoms with Crippen LogP contribution in [-0.4, -0.2) is 42.4 Å². The highest BCUT2D eigenvalue weighted by atomic mass is 35.5. The van der Waals surface area contributed by atoms with Crippen LogP contribution >= 0.6 is 12.4 Å². The second kappa shape index (κ2) is 6.81. The van der Waals surface area contributed by atoms with E-state index in [1.54, 1.807) is 0 Å². The molecule has 0 aromatic heterocycles. The molecule has 4 nitrogen and oxygen atoms in total. The third-order valence-corrected chi connectivity index (χ3v) is 2.78. The lowest BCUT2D eigenvalue weighted by Crippen LogP contribution is -2.43. The largest absolute Gasteiger partial charge is 0.399 e.